The zero-order valence-corrected chi connectivity index (χ0v) is 17.6. The van der Waals surface area contributed by atoms with Gasteiger partial charge in [-0.05, 0) is 48.2 Å². The Labute approximate surface area is 181 Å². The molecule has 1 unspecified atom stereocenters. The van der Waals surface area contributed by atoms with Gasteiger partial charge in [0.25, 0.3) is 0 Å². The Kier molecular flexibility index (Phi) is 7.92. The smallest absolute Gasteiger partial charge is 0.225 e. The van der Waals surface area contributed by atoms with E-state index in [4.69, 9.17) is 23.2 Å². The van der Waals surface area contributed by atoms with Gasteiger partial charge in [0.2, 0.25) is 11.8 Å². The van der Waals surface area contributed by atoms with Gasteiger partial charge in [-0.1, -0.05) is 47.5 Å². The van der Waals surface area contributed by atoms with Crippen LogP contribution in [-0.2, 0) is 22.4 Å². The highest BCUT2D eigenvalue weighted by Gasteiger charge is 2.37. The zero-order chi connectivity index (χ0) is 20.6. The van der Waals surface area contributed by atoms with Crippen LogP contribution in [0, 0.1) is 11.8 Å². The van der Waals surface area contributed by atoms with Crippen molar-refractivity contribution in [2.24, 2.45) is 11.8 Å². The van der Waals surface area contributed by atoms with Gasteiger partial charge in [0, 0.05) is 36.2 Å². The molecular weight excluding hydrogens is 409 g/mol. The fourth-order valence-electron chi connectivity index (χ4n) is 3.45. The number of nitrogens with one attached hydrogen (secondary N) is 3. The Morgan fingerprint density at radius 1 is 0.759 bits per heavy atom. The number of carbonyl (C=O) groups is 2. The minimum absolute atomic E-state index is 0.0817. The van der Waals surface area contributed by atoms with Gasteiger partial charge in [-0.2, -0.15) is 0 Å². The van der Waals surface area contributed by atoms with Crippen molar-refractivity contribution in [2.75, 3.05) is 26.2 Å². The fourth-order valence-corrected chi connectivity index (χ4v) is 3.71. The van der Waals surface area contributed by atoms with Crippen LogP contribution in [0.5, 0.6) is 0 Å². The largest absolute Gasteiger partial charge is 0.355 e. The van der Waals surface area contributed by atoms with Crippen molar-refractivity contribution in [3.8, 4) is 0 Å². The molecule has 3 rings (SSSR count). The third kappa shape index (κ3) is 6.46. The second-order valence-electron chi connectivity index (χ2n) is 7.21. The third-order valence-corrected chi connectivity index (χ3v) is 5.64. The van der Waals surface area contributed by atoms with Crippen LogP contribution in [0.25, 0.3) is 0 Å². The van der Waals surface area contributed by atoms with Crippen LogP contribution in [0.1, 0.15) is 11.1 Å². The van der Waals surface area contributed by atoms with Crippen molar-refractivity contribution < 1.29 is 9.59 Å². The van der Waals surface area contributed by atoms with Crippen LogP contribution in [-0.4, -0.2) is 38.0 Å². The fraction of sp³-hybridized carbons (Fsp3) is 0.364. The average molecular weight is 434 g/mol. The Hall–Kier alpha value is -2.08. The molecule has 0 saturated carbocycles. The first-order chi connectivity index (χ1) is 14.0. The normalized spacial score (nSPS) is 18.4. The van der Waals surface area contributed by atoms with Crippen molar-refractivity contribution in [1.29, 1.82) is 0 Å². The molecule has 2 aromatic carbocycles. The molecule has 3 N–H and O–H groups in total. The van der Waals surface area contributed by atoms with Gasteiger partial charge in [-0.3, -0.25) is 9.59 Å². The van der Waals surface area contributed by atoms with Gasteiger partial charge in [0.1, 0.15) is 0 Å². The number of amides is 2. The molecule has 0 radical (unpaired) electrons. The van der Waals surface area contributed by atoms with Gasteiger partial charge < -0.3 is 16.0 Å². The molecule has 1 heterocycles. The van der Waals surface area contributed by atoms with Crippen molar-refractivity contribution >= 4 is 35.0 Å². The van der Waals surface area contributed by atoms with Crippen LogP contribution >= 0.6 is 23.2 Å². The van der Waals surface area contributed by atoms with Crippen molar-refractivity contribution in [1.82, 2.24) is 16.0 Å². The van der Waals surface area contributed by atoms with Crippen molar-refractivity contribution in [2.45, 2.75) is 12.8 Å². The molecule has 0 spiro atoms. The van der Waals surface area contributed by atoms with E-state index in [1.165, 1.54) is 0 Å². The monoisotopic (exact) mass is 433 g/mol. The highest BCUT2D eigenvalue weighted by molar-refractivity contribution is 6.30. The molecule has 0 aliphatic carbocycles. The molecule has 1 aliphatic heterocycles. The van der Waals surface area contributed by atoms with Crippen LogP contribution in [0.15, 0.2) is 48.5 Å². The van der Waals surface area contributed by atoms with Crippen LogP contribution in [0.3, 0.4) is 0 Å². The molecule has 0 bridgehead atoms. The first kappa shape index (κ1) is 21.6. The lowest BCUT2D eigenvalue weighted by molar-refractivity contribution is -0.132. The zero-order valence-electron chi connectivity index (χ0n) is 16.1. The number of halogens is 2. The summed E-state index contributed by atoms with van der Waals surface area (Å²) < 4.78 is 0. The van der Waals surface area contributed by atoms with Gasteiger partial charge in [0.15, 0.2) is 0 Å². The first-order valence-electron chi connectivity index (χ1n) is 9.78. The second kappa shape index (κ2) is 10.6. The van der Waals surface area contributed by atoms with Gasteiger partial charge in [0.05, 0.1) is 11.8 Å². The van der Waals surface area contributed by atoms with Crippen LogP contribution in [0.2, 0.25) is 10.0 Å². The average Bonchev–Trinajstić information content (AvgIpc) is 3.21. The van der Waals surface area contributed by atoms with Crippen molar-refractivity contribution in [3.05, 3.63) is 69.7 Å². The van der Waals surface area contributed by atoms with Crippen molar-refractivity contribution in [3.63, 3.8) is 0 Å². The summed E-state index contributed by atoms with van der Waals surface area (Å²) in [5.74, 6) is -0.866. The van der Waals surface area contributed by atoms with Crippen LogP contribution < -0.4 is 16.0 Å². The van der Waals surface area contributed by atoms with E-state index in [-0.39, 0.29) is 23.7 Å². The summed E-state index contributed by atoms with van der Waals surface area (Å²) in [5, 5.41) is 10.5. The summed E-state index contributed by atoms with van der Waals surface area (Å²) in [5.41, 5.74) is 2.21. The summed E-state index contributed by atoms with van der Waals surface area (Å²) >= 11 is 11.8. The minimum atomic E-state index is -0.351. The number of benzene rings is 2. The molecule has 0 aromatic heterocycles. The van der Waals surface area contributed by atoms with Gasteiger partial charge in [-0.15, -0.1) is 0 Å². The summed E-state index contributed by atoms with van der Waals surface area (Å²) in [6.07, 6.45) is 1.45. The highest BCUT2D eigenvalue weighted by Crippen LogP contribution is 2.18. The second-order valence-corrected chi connectivity index (χ2v) is 8.08. The van der Waals surface area contributed by atoms with E-state index >= 15 is 0 Å². The Balaban J connectivity index is 1.42. The Bertz CT molecular complexity index is 755. The summed E-state index contributed by atoms with van der Waals surface area (Å²) in [7, 11) is 0. The van der Waals surface area contributed by atoms with Gasteiger partial charge in [-0.25, -0.2) is 0 Å². The predicted octanol–water partition coefficient (Wildman–Crippen LogP) is 2.85. The molecule has 1 aliphatic rings. The maximum atomic E-state index is 12.6. The summed E-state index contributed by atoms with van der Waals surface area (Å²) in [6, 6.07) is 15.1. The molecule has 29 heavy (non-hydrogen) atoms. The number of hydrogen-bond donors (Lipinski definition) is 3. The molecule has 5 nitrogen and oxygen atoms in total. The Morgan fingerprint density at radius 3 is 1.52 bits per heavy atom. The number of carbonyl (C=O) groups excluding carboxylic acids is 2. The summed E-state index contributed by atoms with van der Waals surface area (Å²) in [6.45, 7) is 2.09. The molecule has 154 valence electrons. The molecule has 7 heteroatoms. The molecule has 1 saturated heterocycles. The first-order valence-corrected chi connectivity index (χ1v) is 10.5. The summed E-state index contributed by atoms with van der Waals surface area (Å²) in [4.78, 5) is 25.1. The predicted molar refractivity (Wildman–Crippen MR) is 116 cm³/mol. The van der Waals surface area contributed by atoms with Crippen LogP contribution in [0.4, 0.5) is 0 Å². The topological polar surface area (TPSA) is 70.2 Å². The van der Waals surface area contributed by atoms with E-state index < -0.39 is 0 Å². The molecular formula is C22H25Cl2N3O2. The molecule has 1 fully saturated rings. The number of hydrogen-bond acceptors (Lipinski definition) is 3. The minimum Gasteiger partial charge on any atom is -0.355 e. The van der Waals surface area contributed by atoms with E-state index in [0.717, 1.165) is 24.0 Å². The number of rotatable bonds is 8. The van der Waals surface area contributed by atoms with Gasteiger partial charge >= 0.3 is 0 Å². The van der Waals surface area contributed by atoms with E-state index in [2.05, 4.69) is 16.0 Å². The van der Waals surface area contributed by atoms with E-state index in [1.807, 2.05) is 48.5 Å². The van der Waals surface area contributed by atoms with E-state index in [9.17, 15) is 9.59 Å². The maximum absolute atomic E-state index is 12.6. The molecule has 2 aromatic rings. The third-order valence-electron chi connectivity index (χ3n) is 5.14. The molecule has 2 amide bonds. The SMILES string of the molecule is O=C(NCCc1ccc(Cl)cc1)C1CNC[C@H]1C(=O)NCCc1ccc(Cl)cc1. The lowest BCUT2D eigenvalue weighted by Gasteiger charge is -2.18. The Morgan fingerprint density at radius 2 is 1.14 bits per heavy atom. The van der Waals surface area contributed by atoms with E-state index in [0.29, 0.717) is 36.2 Å². The lowest BCUT2D eigenvalue weighted by atomic mass is 9.94. The lowest BCUT2D eigenvalue weighted by Crippen LogP contribution is -2.42. The van der Waals surface area contributed by atoms with E-state index in [1.54, 1.807) is 0 Å². The maximum Gasteiger partial charge on any atom is 0.225 e. The molecule has 2 atom stereocenters. The highest BCUT2D eigenvalue weighted by atomic mass is 35.5. The standard InChI is InChI=1S/C22H25Cl2N3O2/c23-17-5-1-15(2-6-17)9-11-26-21(28)19-13-25-14-20(19)22(29)27-12-10-16-3-7-18(24)8-4-16/h1-8,19-20,25H,9-14H2,(H,26,28)(H,27,29)/t19-,20?/m1/s1. The quantitative estimate of drug-likeness (QED) is 0.599.